The quantitative estimate of drug-likeness (QED) is 0.481. The molecule has 1 aliphatic heterocycles. The van der Waals surface area contributed by atoms with Crippen LogP contribution in [0.2, 0.25) is 5.02 Å². The number of halogens is 1. The van der Waals surface area contributed by atoms with Crippen molar-refractivity contribution in [2.45, 2.75) is 37.6 Å². The smallest absolute Gasteiger partial charge is 0.338 e. The van der Waals surface area contributed by atoms with Gasteiger partial charge in [-0.1, -0.05) is 16.8 Å². The van der Waals surface area contributed by atoms with Gasteiger partial charge in [0.15, 0.2) is 6.61 Å². The Kier molecular flexibility index (Phi) is 6.80. The van der Waals surface area contributed by atoms with Crippen molar-refractivity contribution < 1.29 is 27.2 Å². The number of morpholine rings is 1. The lowest BCUT2D eigenvalue weighted by Gasteiger charge is -2.34. The number of carbonyl (C=O) groups excluding carboxylic acids is 1. The van der Waals surface area contributed by atoms with E-state index in [1.54, 1.807) is 24.3 Å². The lowest BCUT2D eigenvalue weighted by Crippen LogP contribution is -2.48. The molecule has 11 heteroatoms. The molecule has 2 heterocycles. The molecular formula is C22H22ClN3O6S. The van der Waals surface area contributed by atoms with Gasteiger partial charge in [-0.25, -0.2) is 13.2 Å². The normalized spacial score (nSPS) is 19.4. The Hall–Kier alpha value is -2.79. The first kappa shape index (κ1) is 23.4. The van der Waals surface area contributed by atoms with E-state index in [-0.39, 0.29) is 48.3 Å². The molecule has 1 aromatic heterocycles. The maximum Gasteiger partial charge on any atom is 0.338 e. The van der Waals surface area contributed by atoms with Crippen molar-refractivity contribution in [1.82, 2.24) is 14.4 Å². The van der Waals surface area contributed by atoms with E-state index >= 15 is 0 Å². The fourth-order valence-electron chi connectivity index (χ4n) is 3.48. The van der Waals surface area contributed by atoms with Gasteiger partial charge in [0.1, 0.15) is 0 Å². The molecule has 0 saturated carbocycles. The number of sulfonamides is 1. The summed E-state index contributed by atoms with van der Waals surface area (Å²) in [5.74, 6) is -0.166. The highest BCUT2D eigenvalue weighted by Crippen LogP contribution is 2.22. The van der Waals surface area contributed by atoms with Crippen LogP contribution in [0.5, 0.6) is 0 Å². The van der Waals surface area contributed by atoms with Gasteiger partial charge in [0.05, 0.1) is 22.7 Å². The number of carbonyl (C=O) groups is 1. The van der Waals surface area contributed by atoms with Gasteiger partial charge in [0.25, 0.3) is 5.89 Å². The maximum atomic E-state index is 12.9. The van der Waals surface area contributed by atoms with Gasteiger partial charge < -0.3 is 14.0 Å². The molecule has 1 fully saturated rings. The van der Waals surface area contributed by atoms with Crippen molar-refractivity contribution >= 4 is 27.6 Å². The molecule has 4 rings (SSSR count). The van der Waals surface area contributed by atoms with Crippen LogP contribution >= 0.6 is 11.6 Å². The van der Waals surface area contributed by atoms with Gasteiger partial charge in [-0.15, -0.1) is 0 Å². The molecule has 2 aromatic carbocycles. The average Bonchev–Trinajstić information content (AvgIpc) is 3.26. The second-order valence-corrected chi connectivity index (χ2v) is 10.1. The molecular weight excluding hydrogens is 470 g/mol. The second-order valence-electron chi connectivity index (χ2n) is 7.70. The summed E-state index contributed by atoms with van der Waals surface area (Å²) >= 11 is 5.87. The first-order chi connectivity index (χ1) is 15.7. The molecule has 0 N–H and O–H groups in total. The second kappa shape index (κ2) is 9.60. The minimum Gasteiger partial charge on any atom is -0.452 e. The molecule has 0 bridgehead atoms. The van der Waals surface area contributed by atoms with Crippen LogP contribution in [0.1, 0.15) is 30.1 Å². The zero-order valence-corrected chi connectivity index (χ0v) is 19.5. The van der Waals surface area contributed by atoms with E-state index < -0.39 is 16.0 Å². The van der Waals surface area contributed by atoms with Crippen LogP contribution in [-0.4, -0.2) is 54.1 Å². The van der Waals surface area contributed by atoms with Gasteiger partial charge in [-0.3, -0.25) is 0 Å². The molecule has 3 aromatic rings. The summed E-state index contributed by atoms with van der Waals surface area (Å²) < 4.78 is 43.2. The number of esters is 1. The number of hydrogen-bond acceptors (Lipinski definition) is 8. The van der Waals surface area contributed by atoms with E-state index in [0.717, 1.165) is 0 Å². The minimum atomic E-state index is -3.69. The topological polar surface area (TPSA) is 112 Å². The standard InChI is InChI=1S/C22H22ClN3O6S/c1-14-11-26(12-15(2)31-14)33(28,29)19-9-5-17(6-10-19)22(27)30-13-20-24-21(25-32-20)16-3-7-18(23)8-4-16/h3-10,14-15H,11-13H2,1-2H3. The van der Waals surface area contributed by atoms with E-state index in [2.05, 4.69) is 10.1 Å². The fraction of sp³-hybridized carbons (Fsp3) is 0.318. The van der Waals surface area contributed by atoms with Crippen LogP contribution in [0.15, 0.2) is 57.9 Å². The number of aromatic nitrogens is 2. The number of ether oxygens (including phenoxy) is 2. The van der Waals surface area contributed by atoms with Crippen molar-refractivity contribution in [3.05, 3.63) is 65.0 Å². The first-order valence-electron chi connectivity index (χ1n) is 10.2. The predicted molar refractivity (Wildman–Crippen MR) is 119 cm³/mol. The third-order valence-electron chi connectivity index (χ3n) is 5.01. The molecule has 0 aliphatic carbocycles. The molecule has 1 saturated heterocycles. The van der Waals surface area contributed by atoms with E-state index in [4.69, 9.17) is 25.6 Å². The third kappa shape index (κ3) is 5.41. The van der Waals surface area contributed by atoms with Gasteiger partial charge in [0.2, 0.25) is 15.8 Å². The van der Waals surface area contributed by atoms with E-state index in [9.17, 15) is 13.2 Å². The number of benzene rings is 2. The first-order valence-corrected chi connectivity index (χ1v) is 12.1. The zero-order chi connectivity index (χ0) is 23.6. The molecule has 0 amide bonds. The highest BCUT2D eigenvalue weighted by Gasteiger charge is 2.32. The Bertz CT molecular complexity index is 1220. The van der Waals surface area contributed by atoms with Crippen molar-refractivity contribution in [3.63, 3.8) is 0 Å². The Morgan fingerprint density at radius 1 is 1.09 bits per heavy atom. The molecule has 174 valence electrons. The summed E-state index contributed by atoms with van der Waals surface area (Å²) in [7, 11) is -3.69. The number of rotatable bonds is 6. The molecule has 33 heavy (non-hydrogen) atoms. The zero-order valence-electron chi connectivity index (χ0n) is 18.0. The van der Waals surface area contributed by atoms with Crippen molar-refractivity contribution in [3.8, 4) is 11.4 Å². The summed E-state index contributed by atoms with van der Waals surface area (Å²) in [5, 5.41) is 4.45. The van der Waals surface area contributed by atoms with E-state index in [1.165, 1.54) is 28.6 Å². The fourth-order valence-corrected chi connectivity index (χ4v) is 5.20. The molecule has 0 spiro atoms. The SMILES string of the molecule is CC1CN(S(=O)(=O)c2ccc(C(=O)OCc3nc(-c4ccc(Cl)cc4)no3)cc2)CC(C)O1. The van der Waals surface area contributed by atoms with Crippen molar-refractivity contribution in [2.24, 2.45) is 0 Å². The molecule has 0 radical (unpaired) electrons. The van der Waals surface area contributed by atoms with Crippen LogP contribution in [0.3, 0.4) is 0 Å². The van der Waals surface area contributed by atoms with Gasteiger partial charge in [-0.2, -0.15) is 9.29 Å². The monoisotopic (exact) mass is 491 g/mol. The number of hydrogen-bond donors (Lipinski definition) is 0. The lowest BCUT2D eigenvalue weighted by molar-refractivity contribution is -0.0440. The van der Waals surface area contributed by atoms with Crippen LogP contribution in [0, 0.1) is 0 Å². The maximum absolute atomic E-state index is 12.9. The summed E-state index contributed by atoms with van der Waals surface area (Å²) in [6.45, 7) is 4.00. The van der Waals surface area contributed by atoms with Crippen molar-refractivity contribution in [1.29, 1.82) is 0 Å². The minimum absolute atomic E-state index is 0.102. The molecule has 1 aliphatic rings. The predicted octanol–water partition coefficient (Wildman–Crippen LogP) is 3.54. The summed E-state index contributed by atoms with van der Waals surface area (Å²) in [4.78, 5) is 16.7. The van der Waals surface area contributed by atoms with Crippen LogP contribution < -0.4 is 0 Å². The largest absolute Gasteiger partial charge is 0.452 e. The Morgan fingerprint density at radius 2 is 1.73 bits per heavy atom. The van der Waals surface area contributed by atoms with Gasteiger partial charge in [0, 0.05) is 23.7 Å². The Morgan fingerprint density at radius 3 is 2.36 bits per heavy atom. The summed E-state index contributed by atoms with van der Waals surface area (Å²) in [6, 6.07) is 12.5. The summed E-state index contributed by atoms with van der Waals surface area (Å²) in [5.41, 5.74) is 0.914. The molecule has 9 nitrogen and oxygen atoms in total. The van der Waals surface area contributed by atoms with Crippen molar-refractivity contribution in [2.75, 3.05) is 13.1 Å². The molecule has 2 unspecified atom stereocenters. The highest BCUT2D eigenvalue weighted by atomic mass is 35.5. The van der Waals surface area contributed by atoms with Gasteiger partial charge >= 0.3 is 5.97 Å². The number of nitrogens with zero attached hydrogens (tertiary/aromatic N) is 3. The average molecular weight is 492 g/mol. The highest BCUT2D eigenvalue weighted by molar-refractivity contribution is 7.89. The van der Waals surface area contributed by atoms with Crippen LogP contribution in [0.25, 0.3) is 11.4 Å². The van der Waals surface area contributed by atoms with Crippen LogP contribution in [0.4, 0.5) is 0 Å². The molecule has 2 atom stereocenters. The van der Waals surface area contributed by atoms with E-state index in [0.29, 0.717) is 16.4 Å². The summed E-state index contributed by atoms with van der Waals surface area (Å²) in [6.07, 6.45) is -0.384. The van der Waals surface area contributed by atoms with E-state index in [1.807, 2.05) is 13.8 Å². The van der Waals surface area contributed by atoms with Crippen LogP contribution in [-0.2, 0) is 26.1 Å². The lowest BCUT2D eigenvalue weighted by atomic mass is 10.2. The third-order valence-corrected chi connectivity index (χ3v) is 7.11. The Labute approximate surface area is 196 Å². The Balaban J connectivity index is 1.38. The van der Waals surface area contributed by atoms with Gasteiger partial charge in [-0.05, 0) is 62.4 Å².